The van der Waals surface area contributed by atoms with Crippen molar-refractivity contribution in [1.82, 2.24) is 4.90 Å². The van der Waals surface area contributed by atoms with E-state index in [2.05, 4.69) is 12.2 Å². The minimum absolute atomic E-state index is 0.135. The van der Waals surface area contributed by atoms with Crippen molar-refractivity contribution in [2.75, 3.05) is 12.4 Å². The molecule has 0 saturated heterocycles. The van der Waals surface area contributed by atoms with Crippen LogP contribution in [0.1, 0.15) is 33.1 Å². The lowest BCUT2D eigenvalue weighted by molar-refractivity contribution is -0.120. The van der Waals surface area contributed by atoms with Gasteiger partial charge >= 0.3 is 0 Å². The second-order valence-corrected chi connectivity index (χ2v) is 5.06. The average molecular weight is 278 g/mol. The molecule has 1 aromatic rings. The van der Waals surface area contributed by atoms with Gasteiger partial charge in [-0.25, -0.2) is 0 Å². The van der Waals surface area contributed by atoms with E-state index in [1.54, 1.807) is 6.92 Å². The summed E-state index contributed by atoms with van der Waals surface area (Å²) < 4.78 is 0. The Morgan fingerprint density at radius 2 is 2.00 bits per heavy atom. The zero-order valence-corrected chi connectivity index (χ0v) is 12.7. The fourth-order valence-corrected chi connectivity index (χ4v) is 2.19. The molecule has 1 atom stereocenters. The van der Waals surface area contributed by atoms with Gasteiger partial charge in [-0.1, -0.05) is 38.0 Å². The molecule has 0 bridgehead atoms. The number of thiocarbonyl (C=S) groups is 1. The Hall–Kier alpha value is -1.42. The van der Waals surface area contributed by atoms with Crippen molar-refractivity contribution >= 4 is 28.8 Å². The number of benzene rings is 1. The minimum atomic E-state index is -0.135. The highest BCUT2D eigenvalue weighted by Gasteiger charge is 2.21. The smallest absolute Gasteiger partial charge is 0.173 e. The molecule has 1 unspecified atom stereocenters. The Kier molecular flexibility index (Phi) is 6.50. The fourth-order valence-electron chi connectivity index (χ4n) is 1.94. The zero-order valence-electron chi connectivity index (χ0n) is 11.8. The Bertz CT molecular complexity index is 419. The number of hydrogen-bond donors (Lipinski definition) is 1. The number of para-hydroxylation sites is 1. The second kappa shape index (κ2) is 7.89. The molecule has 0 aliphatic rings. The lowest BCUT2D eigenvalue weighted by Gasteiger charge is -2.28. The Morgan fingerprint density at radius 1 is 1.37 bits per heavy atom. The topological polar surface area (TPSA) is 32.3 Å². The number of likely N-dealkylation sites (N-methyl/N-ethyl adjacent to an activating group) is 1. The first-order chi connectivity index (χ1) is 9.06. The van der Waals surface area contributed by atoms with Gasteiger partial charge in [-0.15, -0.1) is 0 Å². The highest BCUT2D eigenvalue weighted by molar-refractivity contribution is 7.80. The van der Waals surface area contributed by atoms with E-state index in [0.29, 0.717) is 5.11 Å². The van der Waals surface area contributed by atoms with Gasteiger partial charge in [-0.3, -0.25) is 4.79 Å². The summed E-state index contributed by atoms with van der Waals surface area (Å²) in [5.41, 5.74) is 0.942. The molecule has 104 valence electrons. The van der Waals surface area contributed by atoms with E-state index in [0.717, 1.165) is 24.9 Å². The van der Waals surface area contributed by atoms with Gasteiger partial charge in [0.05, 0.1) is 6.04 Å². The van der Waals surface area contributed by atoms with E-state index in [-0.39, 0.29) is 11.8 Å². The predicted octanol–water partition coefficient (Wildman–Crippen LogP) is 3.46. The van der Waals surface area contributed by atoms with Gasteiger partial charge in [0, 0.05) is 12.7 Å². The summed E-state index contributed by atoms with van der Waals surface area (Å²) in [7, 11) is 1.88. The number of hydrogen-bond acceptors (Lipinski definition) is 2. The highest BCUT2D eigenvalue weighted by Crippen LogP contribution is 2.12. The third kappa shape index (κ3) is 4.99. The summed E-state index contributed by atoms with van der Waals surface area (Å²) in [6.45, 7) is 3.75. The molecule has 1 aromatic carbocycles. The molecular weight excluding hydrogens is 256 g/mol. The number of rotatable bonds is 6. The van der Waals surface area contributed by atoms with Crippen molar-refractivity contribution in [3.63, 3.8) is 0 Å². The third-order valence-electron chi connectivity index (χ3n) is 3.11. The van der Waals surface area contributed by atoms with Gasteiger partial charge < -0.3 is 10.2 Å². The number of carbonyl (C=O) groups is 1. The molecule has 4 heteroatoms. The predicted molar refractivity (Wildman–Crippen MR) is 84.4 cm³/mol. The third-order valence-corrected chi connectivity index (χ3v) is 3.50. The van der Waals surface area contributed by atoms with E-state index in [1.807, 2.05) is 42.3 Å². The van der Waals surface area contributed by atoms with E-state index in [9.17, 15) is 4.79 Å². The maximum Gasteiger partial charge on any atom is 0.173 e. The minimum Gasteiger partial charge on any atom is -0.342 e. The second-order valence-electron chi connectivity index (χ2n) is 4.68. The van der Waals surface area contributed by atoms with Gasteiger partial charge in [0.1, 0.15) is 0 Å². The molecule has 0 heterocycles. The van der Waals surface area contributed by atoms with Crippen molar-refractivity contribution in [3.8, 4) is 0 Å². The number of Topliss-reactive ketones (excluding diaryl/α,β-unsaturated/α-hetero) is 1. The molecular formula is C15H22N2OS. The van der Waals surface area contributed by atoms with Crippen LogP contribution in [0.4, 0.5) is 5.69 Å². The fraction of sp³-hybridized carbons (Fsp3) is 0.467. The summed E-state index contributed by atoms with van der Waals surface area (Å²) >= 11 is 5.37. The van der Waals surface area contributed by atoms with Crippen LogP contribution in [0.2, 0.25) is 0 Å². The first-order valence-electron chi connectivity index (χ1n) is 6.65. The summed E-state index contributed by atoms with van der Waals surface area (Å²) in [4.78, 5) is 13.6. The summed E-state index contributed by atoms with van der Waals surface area (Å²) in [6, 6.07) is 9.62. The molecule has 0 radical (unpaired) electrons. The van der Waals surface area contributed by atoms with Gasteiger partial charge in [0.15, 0.2) is 10.9 Å². The monoisotopic (exact) mass is 278 g/mol. The van der Waals surface area contributed by atoms with E-state index in [1.165, 1.54) is 0 Å². The SMILES string of the molecule is CCCCC(C(C)=O)N(C)C(=S)Nc1ccccc1. The average Bonchev–Trinajstić information content (AvgIpc) is 2.39. The largest absolute Gasteiger partial charge is 0.342 e. The quantitative estimate of drug-likeness (QED) is 0.808. The number of ketones is 1. The lowest BCUT2D eigenvalue weighted by atomic mass is 10.1. The lowest BCUT2D eigenvalue weighted by Crippen LogP contribution is -2.43. The summed E-state index contributed by atoms with van der Waals surface area (Å²) in [5, 5.41) is 3.74. The molecule has 0 aliphatic heterocycles. The Morgan fingerprint density at radius 3 is 2.53 bits per heavy atom. The number of anilines is 1. The molecule has 0 fully saturated rings. The van der Waals surface area contributed by atoms with Crippen LogP contribution in [0.25, 0.3) is 0 Å². The first kappa shape index (κ1) is 15.6. The molecule has 1 N–H and O–H groups in total. The maximum atomic E-state index is 11.7. The Labute approximate surface area is 121 Å². The Balaban J connectivity index is 2.65. The molecule has 3 nitrogen and oxygen atoms in total. The van der Waals surface area contributed by atoms with Gasteiger partial charge in [-0.2, -0.15) is 0 Å². The molecule has 0 saturated carbocycles. The molecule has 1 rings (SSSR count). The van der Waals surface area contributed by atoms with Crippen molar-refractivity contribution in [2.45, 2.75) is 39.2 Å². The highest BCUT2D eigenvalue weighted by atomic mass is 32.1. The van der Waals surface area contributed by atoms with Crippen LogP contribution in [-0.2, 0) is 4.79 Å². The van der Waals surface area contributed by atoms with E-state index in [4.69, 9.17) is 12.2 Å². The number of carbonyl (C=O) groups excluding carboxylic acids is 1. The number of unbranched alkanes of at least 4 members (excludes halogenated alkanes) is 1. The normalized spacial score (nSPS) is 11.7. The van der Waals surface area contributed by atoms with Crippen LogP contribution in [0.5, 0.6) is 0 Å². The van der Waals surface area contributed by atoms with Crippen LogP contribution < -0.4 is 5.32 Å². The van der Waals surface area contributed by atoms with Crippen molar-refractivity contribution in [1.29, 1.82) is 0 Å². The van der Waals surface area contributed by atoms with Crippen LogP contribution >= 0.6 is 12.2 Å². The molecule has 0 amide bonds. The van der Waals surface area contributed by atoms with Gasteiger partial charge in [0.2, 0.25) is 0 Å². The molecule has 0 aliphatic carbocycles. The summed E-state index contributed by atoms with van der Waals surface area (Å²) in [5.74, 6) is 0.160. The first-order valence-corrected chi connectivity index (χ1v) is 7.06. The zero-order chi connectivity index (χ0) is 14.3. The summed E-state index contributed by atoms with van der Waals surface area (Å²) in [6.07, 6.45) is 2.96. The van der Waals surface area contributed by atoms with Crippen LogP contribution in [0, 0.1) is 0 Å². The van der Waals surface area contributed by atoms with Crippen molar-refractivity contribution in [3.05, 3.63) is 30.3 Å². The molecule has 0 aromatic heterocycles. The van der Waals surface area contributed by atoms with Crippen molar-refractivity contribution < 1.29 is 4.79 Å². The number of nitrogens with one attached hydrogen (secondary N) is 1. The van der Waals surface area contributed by atoms with Crippen LogP contribution in [0.3, 0.4) is 0 Å². The van der Waals surface area contributed by atoms with E-state index >= 15 is 0 Å². The number of nitrogens with zero attached hydrogens (tertiary/aromatic N) is 1. The van der Waals surface area contributed by atoms with Crippen LogP contribution in [-0.4, -0.2) is 28.9 Å². The van der Waals surface area contributed by atoms with Gasteiger partial charge in [-0.05, 0) is 37.7 Å². The molecule has 19 heavy (non-hydrogen) atoms. The van der Waals surface area contributed by atoms with E-state index < -0.39 is 0 Å². The molecule has 0 spiro atoms. The standard InChI is InChI=1S/C15H22N2OS/c1-4-5-11-14(12(2)18)17(3)15(19)16-13-9-7-6-8-10-13/h6-10,14H,4-5,11H2,1-3H3,(H,16,19). The van der Waals surface area contributed by atoms with Crippen molar-refractivity contribution in [2.24, 2.45) is 0 Å². The maximum absolute atomic E-state index is 11.7. The van der Waals surface area contributed by atoms with Gasteiger partial charge in [0.25, 0.3) is 0 Å². The van der Waals surface area contributed by atoms with Crippen LogP contribution in [0.15, 0.2) is 30.3 Å².